The van der Waals surface area contributed by atoms with Gasteiger partial charge in [-0.05, 0) is 123 Å². The van der Waals surface area contributed by atoms with Crippen LogP contribution in [0.25, 0.3) is 23.2 Å². The maximum Gasteiger partial charge on any atom is 0.426 e. The number of hydrogen-bond donors (Lipinski definition) is 3. The fraction of sp³-hybridized carbons (Fsp3) is 0.510. The van der Waals surface area contributed by atoms with Crippen molar-refractivity contribution in [3.05, 3.63) is 83.1 Å². The van der Waals surface area contributed by atoms with Gasteiger partial charge in [0.25, 0.3) is 23.6 Å². The number of alkyl halides is 6. The fourth-order valence-corrected chi connectivity index (χ4v) is 10.8. The van der Waals surface area contributed by atoms with Gasteiger partial charge in [-0.3, -0.25) is 10.6 Å². The van der Waals surface area contributed by atoms with Crippen molar-refractivity contribution in [2.24, 2.45) is 0 Å². The van der Waals surface area contributed by atoms with Gasteiger partial charge < -0.3 is 28.2 Å². The number of nitrogens with zero attached hydrogens (tertiary/aromatic N) is 6. The molecule has 28 heteroatoms. The average Bonchev–Trinajstić information content (AvgIpc) is 4.01. The number of hydrogen-bond acceptors (Lipinski definition) is 18. The van der Waals surface area contributed by atoms with Crippen molar-refractivity contribution in [3.63, 3.8) is 0 Å². The number of fused-ring (bicyclic) bond motifs is 10. The molecule has 2 aliphatic heterocycles. The highest BCUT2D eigenvalue weighted by atomic mass is 32.2. The third-order valence-electron chi connectivity index (χ3n) is 11.5. The number of halogens is 6. The second kappa shape index (κ2) is 22.8. The van der Waals surface area contributed by atoms with Crippen LogP contribution in [0.3, 0.4) is 0 Å². The minimum atomic E-state index is -5.11. The summed E-state index contributed by atoms with van der Waals surface area (Å²) in [6.45, 7) is 12.3. The van der Waals surface area contributed by atoms with Crippen LogP contribution in [0.2, 0.25) is 0 Å². The quantitative estimate of drug-likeness (QED) is 0.109. The van der Waals surface area contributed by atoms with Crippen LogP contribution in [0.1, 0.15) is 121 Å². The van der Waals surface area contributed by atoms with E-state index < -0.39 is 110 Å². The molecule has 0 spiro atoms. The van der Waals surface area contributed by atoms with Crippen LogP contribution in [-0.4, -0.2) is 99.6 Å². The Bertz CT molecular complexity index is 3190. The lowest BCUT2D eigenvalue weighted by molar-refractivity contribution is -0.299. The summed E-state index contributed by atoms with van der Waals surface area (Å²) in [5.74, 6) is -3.77. The number of allylic oxidation sites excluding steroid dienone is 2. The first-order valence-corrected chi connectivity index (χ1v) is 27.3. The lowest BCUT2D eigenvalue weighted by atomic mass is 9.95. The molecule has 2 atom stereocenters. The number of rotatable bonds is 5. The molecule has 6 heterocycles. The van der Waals surface area contributed by atoms with Crippen LogP contribution < -0.4 is 10.6 Å². The number of anilines is 2. The second-order valence-electron chi connectivity index (χ2n) is 20.1. The summed E-state index contributed by atoms with van der Waals surface area (Å²) in [6.07, 6.45) is -9.70. The Balaban J connectivity index is 0.000000254. The zero-order valence-electron chi connectivity index (χ0n) is 43.2. The molecular formula is C49H58F6N8O12S2. The molecule has 4 aromatic heterocycles. The minimum Gasteiger partial charge on any atom is -0.444 e. The lowest BCUT2D eigenvalue weighted by Gasteiger charge is -2.32. The van der Waals surface area contributed by atoms with Crippen molar-refractivity contribution in [3.8, 4) is 23.2 Å². The lowest BCUT2D eigenvalue weighted by Crippen LogP contribution is -2.45. The van der Waals surface area contributed by atoms with E-state index in [1.54, 1.807) is 71.9 Å². The molecule has 5 aromatic rings. The van der Waals surface area contributed by atoms with Crippen LogP contribution in [0.15, 0.2) is 73.5 Å². The molecule has 8 bridgehead atoms. The van der Waals surface area contributed by atoms with Crippen molar-refractivity contribution in [1.29, 1.82) is 0 Å². The predicted molar refractivity (Wildman–Crippen MR) is 263 cm³/mol. The number of aryl methyl sites for hydroxylation is 2. The first kappa shape index (κ1) is 59.7. The van der Waals surface area contributed by atoms with Crippen LogP contribution in [0.4, 0.5) is 47.3 Å². The molecule has 420 valence electrons. The van der Waals surface area contributed by atoms with E-state index in [1.807, 2.05) is 0 Å². The van der Waals surface area contributed by atoms with Gasteiger partial charge in [-0.2, -0.15) is 26.3 Å². The van der Waals surface area contributed by atoms with Crippen molar-refractivity contribution in [2.45, 2.75) is 158 Å². The molecular weight excluding hydrogens is 1070 g/mol. The third-order valence-corrected chi connectivity index (χ3v) is 15.1. The molecule has 0 aliphatic carbocycles. The largest absolute Gasteiger partial charge is 0.444 e. The van der Waals surface area contributed by atoms with Crippen LogP contribution >= 0.6 is 0 Å². The summed E-state index contributed by atoms with van der Waals surface area (Å²) in [7, 11) is -7.81. The molecule has 2 amide bonds. The molecule has 0 saturated heterocycles. The molecule has 0 radical (unpaired) electrons. The van der Waals surface area contributed by atoms with Crippen molar-refractivity contribution in [1.82, 2.24) is 30.4 Å². The summed E-state index contributed by atoms with van der Waals surface area (Å²) < 4.78 is 165. The van der Waals surface area contributed by atoms with E-state index in [0.717, 1.165) is 0 Å². The normalized spacial score (nSPS) is 20.0. The standard InChI is InChI=1S/C28H31F3N4O6S.C21H27F3N4O6S/c1-18-16-20(32-25(36)41-26(2,3)4)21-22-34-35-24(40-22)27(28(29,30)31,39-17-19-12-8-7-9-13-19)14-10-5-6-11-15-42(37,38)23(18)33-21;1-12-11-13(25-18(29)34-19(2,3)4)14-15-27-28-17(33-15)20(30,21(22,23)24)9-7-5-6-8-10-35(31,32)16(12)26-14/h5-9,12-13,16H,10-11,14-15,17H2,1-4H3,(H,32,36);11,30H,5-10H2,1-4H3,(H,25,29). The zero-order chi connectivity index (χ0) is 57.0. The van der Waals surface area contributed by atoms with Gasteiger partial charge in [-0.15, -0.1) is 20.4 Å². The number of aliphatic hydroxyl groups is 1. The Hall–Kier alpha value is -6.52. The number of carbonyl (C=O) groups excluding carboxylic acids is 2. The number of carbonyl (C=O) groups is 2. The maximum atomic E-state index is 14.9. The smallest absolute Gasteiger partial charge is 0.426 e. The number of amides is 2. The van der Waals surface area contributed by atoms with Crippen LogP contribution in [0.5, 0.6) is 0 Å². The molecule has 20 nitrogen and oxygen atoms in total. The van der Waals surface area contributed by atoms with Gasteiger partial charge in [0, 0.05) is 0 Å². The van der Waals surface area contributed by atoms with Crippen LogP contribution in [0, 0.1) is 13.8 Å². The van der Waals surface area contributed by atoms with E-state index in [4.69, 9.17) is 23.0 Å². The van der Waals surface area contributed by atoms with E-state index in [0.29, 0.717) is 12.0 Å². The fourth-order valence-electron chi connectivity index (χ4n) is 7.84. The maximum absolute atomic E-state index is 14.9. The van der Waals surface area contributed by atoms with Gasteiger partial charge in [0.05, 0.1) is 29.5 Å². The SMILES string of the molecule is Cc1cc(NC(=O)OC(C)(C)C)c2nc1S(=O)(=O)CCC=CCCC(OCc1ccccc1)(C(F)(F)F)c1nnc-2o1.Cc1cc(NC(=O)OC(C)(C)C)c2nc1S(=O)(=O)CCCCCCC(O)(C(F)(F)F)c1nnc-2o1. The highest BCUT2D eigenvalue weighted by Crippen LogP contribution is 2.48. The van der Waals surface area contributed by atoms with Crippen LogP contribution in [-0.2, 0) is 51.7 Å². The number of nitrogens with one attached hydrogen (secondary N) is 2. The van der Waals surface area contributed by atoms with Crippen molar-refractivity contribution < 1.29 is 80.9 Å². The molecule has 0 saturated carbocycles. The Morgan fingerprint density at radius 3 is 1.64 bits per heavy atom. The Morgan fingerprint density at radius 1 is 0.649 bits per heavy atom. The Morgan fingerprint density at radius 2 is 1.13 bits per heavy atom. The second-order valence-corrected chi connectivity index (χ2v) is 24.2. The summed E-state index contributed by atoms with van der Waals surface area (Å²) in [6, 6.07) is 10.9. The number of ether oxygens (including phenoxy) is 3. The zero-order valence-corrected chi connectivity index (χ0v) is 44.8. The number of sulfone groups is 2. The molecule has 2 unspecified atom stereocenters. The van der Waals surface area contributed by atoms with Gasteiger partial charge in [0.15, 0.2) is 41.1 Å². The summed E-state index contributed by atoms with van der Waals surface area (Å²) >= 11 is 0. The van der Waals surface area contributed by atoms with Gasteiger partial charge >= 0.3 is 24.5 Å². The average molecular weight is 1130 g/mol. The number of benzene rings is 1. The van der Waals surface area contributed by atoms with Gasteiger partial charge in [0.2, 0.25) is 11.2 Å². The molecule has 1 aromatic carbocycles. The summed E-state index contributed by atoms with van der Waals surface area (Å²) in [4.78, 5) is 33.3. The van der Waals surface area contributed by atoms with Gasteiger partial charge in [-0.1, -0.05) is 55.3 Å². The molecule has 77 heavy (non-hydrogen) atoms. The Kier molecular flexibility index (Phi) is 17.7. The van der Waals surface area contributed by atoms with E-state index in [-0.39, 0.29) is 87.6 Å². The van der Waals surface area contributed by atoms with Gasteiger partial charge in [0.1, 0.15) is 11.2 Å². The summed E-state index contributed by atoms with van der Waals surface area (Å²) in [5.41, 5.74) is -8.19. The molecule has 3 N–H and O–H groups in total. The minimum absolute atomic E-state index is 0.0407. The van der Waals surface area contributed by atoms with E-state index in [9.17, 15) is 57.9 Å². The van der Waals surface area contributed by atoms with E-state index in [2.05, 4.69) is 41.0 Å². The first-order valence-electron chi connectivity index (χ1n) is 24.0. The first-order chi connectivity index (χ1) is 35.6. The highest BCUT2D eigenvalue weighted by Gasteiger charge is 2.61. The monoisotopic (exact) mass is 1130 g/mol. The summed E-state index contributed by atoms with van der Waals surface area (Å²) in [5, 5.41) is 29.2. The van der Waals surface area contributed by atoms with Gasteiger partial charge in [-0.25, -0.2) is 36.4 Å². The highest BCUT2D eigenvalue weighted by molar-refractivity contribution is 7.91. The van der Waals surface area contributed by atoms with E-state index >= 15 is 0 Å². The molecule has 7 rings (SSSR count). The van der Waals surface area contributed by atoms with E-state index in [1.165, 1.54) is 38.1 Å². The topological polar surface area (TPSA) is 278 Å². The third kappa shape index (κ3) is 14.5. The van der Waals surface area contributed by atoms with Crippen molar-refractivity contribution in [2.75, 3.05) is 22.1 Å². The number of pyridine rings is 2. The molecule has 2 aliphatic rings. The Labute approximate surface area is 439 Å². The molecule has 0 fully saturated rings. The number of aromatic nitrogens is 6. The predicted octanol–water partition coefficient (Wildman–Crippen LogP) is 10.5. The van der Waals surface area contributed by atoms with Crippen molar-refractivity contribution >= 4 is 43.2 Å².